The van der Waals surface area contributed by atoms with Crippen molar-refractivity contribution >= 4 is 5.91 Å². The van der Waals surface area contributed by atoms with E-state index in [-0.39, 0.29) is 6.54 Å². The molecular formula is C6H10F4N2O. The zero-order chi connectivity index (χ0) is 10.6. The average molecular weight is 202 g/mol. The lowest BCUT2D eigenvalue weighted by atomic mass is 10.3. The fraction of sp³-hybridized carbons (Fsp3) is 0.833. The van der Waals surface area contributed by atoms with Gasteiger partial charge >= 0.3 is 12.3 Å². The Morgan fingerprint density at radius 1 is 1.54 bits per heavy atom. The number of hydrogen-bond donors (Lipinski definition) is 2. The summed E-state index contributed by atoms with van der Waals surface area (Å²) in [5, 5.41) is 1.61. The second kappa shape index (κ2) is 4.40. The van der Waals surface area contributed by atoms with Gasteiger partial charge in [0.25, 0.3) is 5.91 Å². The molecule has 0 aliphatic carbocycles. The Morgan fingerprint density at radius 2 is 2.00 bits per heavy atom. The van der Waals surface area contributed by atoms with Gasteiger partial charge in [-0.1, -0.05) is 0 Å². The number of alkyl halides is 4. The molecule has 0 spiro atoms. The van der Waals surface area contributed by atoms with Crippen LogP contribution in [0.3, 0.4) is 0 Å². The molecule has 0 rings (SSSR count). The highest BCUT2D eigenvalue weighted by Crippen LogP contribution is 2.22. The molecule has 0 aliphatic heterocycles. The Balaban J connectivity index is 4.10. The molecule has 0 saturated heterocycles. The molecular weight excluding hydrogens is 192 g/mol. The van der Waals surface area contributed by atoms with Crippen LogP contribution < -0.4 is 11.1 Å². The van der Waals surface area contributed by atoms with Gasteiger partial charge < -0.3 is 11.1 Å². The van der Waals surface area contributed by atoms with Crippen molar-refractivity contribution in [2.24, 2.45) is 5.73 Å². The van der Waals surface area contributed by atoms with E-state index in [2.05, 4.69) is 0 Å². The highest BCUT2D eigenvalue weighted by atomic mass is 19.3. The van der Waals surface area contributed by atoms with Crippen molar-refractivity contribution in [3.63, 3.8) is 0 Å². The quantitative estimate of drug-likeness (QED) is 0.646. The van der Waals surface area contributed by atoms with Crippen LogP contribution in [0, 0.1) is 0 Å². The lowest BCUT2D eigenvalue weighted by molar-refractivity contribution is -0.169. The van der Waals surface area contributed by atoms with Crippen molar-refractivity contribution in [3.8, 4) is 0 Å². The van der Waals surface area contributed by atoms with E-state index in [0.29, 0.717) is 0 Å². The van der Waals surface area contributed by atoms with Crippen molar-refractivity contribution in [2.45, 2.75) is 25.3 Å². The standard InChI is InChI=1S/C6H10F4N2O/c1-3(11)2-12-5(13)6(9,10)4(7)8/h3-4H,2,11H2,1H3,(H,12,13). The first-order chi connectivity index (χ1) is 5.78. The van der Waals surface area contributed by atoms with Gasteiger partial charge in [0.1, 0.15) is 0 Å². The second-order valence-corrected chi connectivity index (χ2v) is 2.61. The Kier molecular flexibility index (Phi) is 4.12. The molecule has 1 unspecified atom stereocenters. The minimum absolute atomic E-state index is 0.263. The van der Waals surface area contributed by atoms with E-state index in [9.17, 15) is 22.4 Å². The minimum Gasteiger partial charge on any atom is -0.349 e. The van der Waals surface area contributed by atoms with Gasteiger partial charge in [0, 0.05) is 12.6 Å². The van der Waals surface area contributed by atoms with E-state index in [0.717, 1.165) is 0 Å². The highest BCUT2D eigenvalue weighted by Gasteiger charge is 2.48. The normalized spacial score (nSPS) is 14.4. The predicted octanol–water partition coefficient (Wildman–Crippen LogP) is 0.350. The summed E-state index contributed by atoms with van der Waals surface area (Å²) in [7, 11) is 0. The number of carbonyl (C=O) groups excluding carboxylic acids is 1. The molecule has 0 fully saturated rings. The van der Waals surface area contributed by atoms with E-state index in [1.54, 1.807) is 5.32 Å². The molecule has 0 aromatic heterocycles. The molecule has 3 N–H and O–H groups in total. The van der Waals surface area contributed by atoms with Crippen LogP contribution in [0.25, 0.3) is 0 Å². The largest absolute Gasteiger partial charge is 0.383 e. The van der Waals surface area contributed by atoms with Crippen LogP contribution in [-0.4, -0.2) is 30.8 Å². The molecule has 3 nitrogen and oxygen atoms in total. The first-order valence-electron chi connectivity index (χ1n) is 3.48. The van der Waals surface area contributed by atoms with Crippen LogP contribution in [0.4, 0.5) is 17.6 Å². The van der Waals surface area contributed by atoms with Crippen LogP contribution in [-0.2, 0) is 4.79 Å². The third-order valence-corrected chi connectivity index (χ3v) is 1.16. The third kappa shape index (κ3) is 3.58. The summed E-state index contributed by atoms with van der Waals surface area (Å²) in [6, 6.07) is -0.558. The summed E-state index contributed by atoms with van der Waals surface area (Å²) in [6.45, 7) is 1.18. The maximum Gasteiger partial charge on any atom is 0.383 e. The molecule has 0 aromatic carbocycles. The number of rotatable bonds is 4. The first-order valence-corrected chi connectivity index (χ1v) is 3.48. The molecule has 0 heterocycles. The van der Waals surface area contributed by atoms with Crippen LogP contribution in [0.1, 0.15) is 6.92 Å². The van der Waals surface area contributed by atoms with E-state index < -0.39 is 24.3 Å². The number of amides is 1. The second-order valence-electron chi connectivity index (χ2n) is 2.61. The molecule has 13 heavy (non-hydrogen) atoms. The molecule has 0 aromatic rings. The lowest BCUT2D eigenvalue weighted by Gasteiger charge is -2.15. The van der Waals surface area contributed by atoms with Gasteiger partial charge in [-0.15, -0.1) is 0 Å². The lowest BCUT2D eigenvalue weighted by Crippen LogP contribution is -2.48. The smallest absolute Gasteiger partial charge is 0.349 e. The van der Waals surface area contributed by atoms with Gasteiger partial charge in [0.2, 0.25) is 0 Å². The van der Waals surface area contributed by atoms with E-state index in [4.69, 9.17) is 5.73 Å². The highest BCUT2D eigenvalue weighted by molar-refractivity contribution is 5.83. The summed E-state index contributed by atoms with van der Waals surface area (Å²) < 4.78 is 47.5. The zero-order valence-electron chi connectivity index (χ0n) is 6.86. The number of nitrogens with one attached hydrogen (secondary N) is 1. The van der Waals surface area contributed by atoms with Gasteiger partial charge in [-0.2, -0.15) is 8.78 Å². The summed E-state index contributed by atoms with van der Waals surface area (Å²) in [6.07, 6.45) is -4.00. The zero-order valence-corrected chi connectivity index (χ0v) is 6.86. The molecule has 0 saturated carbocycles. The van der Waals surface area contributed by atoms with Crippen LogP contribution in [0.15, 0.2) is 0 Å². The maximum absolute atomic E-state index is 12.2. The Bertz CT molecular complexity index is 183. The summed E-state index contributed by atoms with van der Waals surface area (Å²) >= 11 is 0. The SMILES string of the molecule is CC(N)CNC(=O)C(F)(F)C(F)F. The minimum atomic E-state index is -4.64. The fourth-order valence-electron chi connectivity index (χ4n) is 0.471. The van der Waals surface area contributed by atoms with Gasteiger partial charge in [-0.25, -0.2) is 8.78 Å². The van der Waals surface area contributed by atoms with Crippen molar-refractivity contribution in [3.05, 3.63) is 0 Å². The van der Waals surface area contributed by atoms with E-state index in [1.165, 1.54) is 6.92 Å². The molecule has 0 radical (unpaired) electrons. The van der Waals surface area contributed by atoms with Gasteiger partial charge in [0.15, 0.2) is 0 Å². The first kappa shape index (κ1) is 12.2. The summed E-state index contributed by atoms with van der Waals surface area (Å²) in [4.78, 5) is 10.4. The average Bonchev–Trinajstić information content (AvgIpc) is 1.99. The van der Waals surface area contributed by atoms with Crippen molar-refractivity contribution in [2.75, 3.05) is 6.54 Å². The van der Waals surface area contributed by atoms with Crippen LogP contribution in [0.5, 0.6) is 0 Å². The molecule has 7 heteroatoms. The molecule has 1 amide bonds. The molecule has 1 atom stereocenters. The monoisotopic (exact) mass is 202 g/mol. The molecule has 0 bridgehead atoms. The van der Waals surface area contributed by atoms with E-state index >= 15 is 0 Å². The Labute approximate surface area is 72.3 Å². The van der Waals surface area contributed by atoms with Gasteiger partial charge in [0.05, 0.1) is 0 Å². The van der Waals surface area contributed by atoms with Gasteiger partial charge in [-0.05, 0) is 6.92 Å². The molecule has 78 valence electrons. The van der Waals surface area contributed by atoms with Gasteiger partial charge in [-0.3, -0.25) is 4.79 Å². The Morgan fingerprint density at radius 3 is 2.31 bits per heavy atom. The predicted molar refractivity (Wildman–Crippen MR) is 37.6 cm³/mol. The van der Waals surface area contributed by atoms with Crippen LogP contribution >= 0.6 is 0 Å². The van der Waals surface area contributed by atoms with Crippen molar-refractivity contribution in [1.29, 1.82) is 0 Å². The summed E-state index contributed by atoms with van der Waals surface area (Å²) in [5.74, 6) is -6.64. The molecule has 0 aliphatic rings. The number of hydrogen-bond acceptors (Lipinski definition) is 2. The topological polar surface area (TPSA) is 55.1 Å². The number of halogens is 4. The van der Waals surface area contributed by atoms with Crippen molar-refractivity contribution in [1.82, 2.24) is 5.32 Å². The maximum atomic E-state index is 12.2. The van der Waals surface area contributed by atoms with E-state index in [1.807, 2.05) is 0 Å². The number of nitrogens with two attached hydrogens (primary N) is 1. The van der Waals surface area contributed by atoms with Crippen molar-refractivity contribution < 1.29 is 22.4 Å². The third-order valence-electron chi connectivity index (χ3n) is 1.16. The summed E-state index contributed by atoms with van der Waals surface area (Å²) in [5.41, 5.74) is 5.11. The Hall–Kier alpha value is -0.850. The van der Waals surface area contributed by atoms with Crippen LogP contribution in [0.2, 0.25) is 0 Å². The fourth-order valence-corrected chi connectivity index (χ4v) is 0.471. The number of carbonyl (C=O) groups is 1.